The maximum Gasteiger partial charge on any atom is 0.158 e. The zero-order valence-electron chi connectivity index (χ0n) is 11.2. The number of nitrogens with zero attached hydrogens (tertiary/aromatic N) is 3. The van der Waals surface area contributed by atoms with Gasteiger partial charge in [0.25, 0.3) is 0 Å². The topological polar surface area (TPSA) is 30.7 Å². The highest BCUT2D eigenvalue weighted by atomic mass is 79.9. The average Bonchev–Trinajstić information content (AvgIpc) is 2.73. The van der Waals surface area contributed by atoms with Gasteiger partial charge in [-0.3, -0.25) is 0 Å². The van der Waals surface area contributed by atoms with Crippen LogP contribution in [-0.4, -0.2) is 14.8 Å². The lowest BCUT2D eigenvalue weighted by Gasteiger charge is -2.10. The molecule has 0 aliphatic heterocycles. The smallest absolute Gasteiger partial charge is 0.158 e. The number of alkyl halides is 1. The van der Waals surface area contributed by atoms with E-state index in [2.05, 4.69) is 33.2 Å². The molecule has 0 amide bonds. The summed E-state index contributed by atoms with van der Waals surface area (Å²) < 4.78 is 1.82. The lowest BCUT2D eigenvalue weighted by molar-refractivity contribution is 0.803. The lowest BCUT2D eigenvalue weighted by atomic mass is 10.1. The number of aryl methyl sites for hydroxylation is 1. The van der Waals surface area contributed by atoms with Gasteiger partial charge in [0.2, 0.25) is 0 Å². The molecule has 0 fully saturated rings. The number of fused-ring (bicyclic) bond motifs is 1. The Kier molecular flexibility index (Phi) is 3.52. The Balaban J connectivity index is 2.31. The first-order valence-electron chi connectivity index (χ1n) is 6.28. The Morgan fingerprint density at radius 3 is 2.65 bits per heavy atom. The Hall–Kier alpha value is -1.39. The number of para-hydroxylation sites is 1. The fraction of sp³-hybridized carbons (Fsp3) is 0.200. The SMILES string of the molecule is Cc1nn(-c2nc3ccccc3cc2CBr)c(C)c1Cl. The molecule has 2 aromatic heterocycles. The molecular formula is C15H13BrClN3. The largest absolute Gasteiger partial charge is 0.228 e. The molecule has 0 aliphatic carbocycles. The minimum absolute atomic E-state index is 0.695. The molecule has 0 spiro atoms. The van der Waals surface area contributed by atoms with Crippen LogP contribution in [0.3, 0.4) is 0 Å². The van der Waals surface area contributed by atoms with Crippen LogP contribution in [0.2, 0.25) is 5.02 Å². The maximum absolute atomic E-state index is 6.24. The van der Waals surface area contributed by atoms with Crippen molar-refractivity contribution in [1.82, 2.24) is 14.8 Å². The van der Waals surface area contributed by atoms with E-state index in [1.807, 2.05) is 36.7 Å². The molecule has 0 bridgehead atoms. The van der Waals surface area contributed by atoms with Crippen LogP contribution >= 0.6 is 27.5 Å². The summed E-state index contributed by atoms with van der Waals surface area (Å²) in [6.45, 7) is 3.86. The molecule has 3 rings (SSSR count). The van der Waals surface area contributed by atoms with E-state index >= 15 is 0 Å². The number of hydrogen-bond donors (Lipinski definition) is 0. The van der Waals surface area contributed by atoms with Crippen molar-refractivity contribution in [3.8, 4) is 5.82 Å². The van der Waals surface area contributed by atoms with Crippen LogP contribution < -0.4 is 0 Å². The fourth-order valence-corrected chi connectivity index (χ4v) is 2.79. The Bertz CT molecular complexity index is 795. The van der Waals surface area contributed by atoms with Gasteiger partial charge in [-0.15, -0.1) is 0 Å². The van der Waals surface area contributed by atoms with E-state index in [4.69, 9.17) is 16.6 Å². The highest BCUT2D eigenvalue weighted by Gasteiger charge is 2.15. The number of halogens is 2. The summed E-state index contributed by atoms with van der Waals surface area (Å²) in [7, 11) is 0. The third-order valence-corrected chi connectivity index (χ3v) is 4.48. The van der Waals surface area contributed by atoms with Gasteiger partial charge in [0.1, 0.15) is 0 Å². The van der Waals surface area contributed by atoms with E-state index in [1.165, 1.54) is 0 Å². The zero-order chi connectivity index (χ0) is 14.3. The standard InChI is InChI=1S/C15H13BrClN3/c1-9-14(17)10(2)20(19-9)15-12(8-16)7-11-5-3-4-6-13(11)18-15/h3-7H,8H2,1-2H3. The molecule has 5 heteroatoms. The van der Waals surface area contributed by atoms with Gasteiger partial charge in [0.05, 0.1) is 21.9 Å². The second kappa shape index (κ2) is 5.19. The minimum Gasteiger partial charge on any atom is -0.228 e. The molecule has 1 aromatic carbocycles. The summed E-state index contributed by atoms with van der Waals surface area (Å²) in [6, 6.07) is 10.2. The Labute approximate surface area is 130 Å². The lowest BCUT2D eigenvalue weighted by Crippen LogP contribution is -2.06. The molecular weight excluding hydrogens is 338 g/mol. The van der Waals surface area contributed by atoms with Crippen LogP contribution in [0.4, 0.5) is 0 Å². The first-order valence-corrected chi connectivity index (χ1v) is 7.78. The van der Waals surface area contributed by atoms with Crippen LogP contribution in [0.15, 0.2) is 30.3 Å². The van der Waals surface area contributed by atoms with E-state index in [-0.39, 0.29) is 0 Å². The van der Waals surface area contributed by atoms with Gasteiger partial charge < -0.3 is 0 Å². The second-order valence-electron chi connectivity index (χ2n) is 4.69. The average molecular weight is 351 g/mol. The molecule has 0 atom stereocenters. The van der Waals surface area contributed by atoms with Crippen molar-refractivity contribution >= 4 is 38.4 Å². The quantitative estimate of drug-likeness (QED) is 0.633. The summed E-state index contributed by atoms with van der Waals surface area (Å²) in [5, 5.41) is 7.03. The third-order valence-electron chi connectivity index (χ3n) is 3.33. The van der Waals surface area contributed by atoms with Crippen LogP contribution in [-0.2, 0) is 5.33 Å². The predicted octanol–water partition coefficient (Wildman–Crippen LogP) is 4.59. The molecule has 20 heavy (non-hydrogen) atoms. The zero-order valence-corrected chi connectivity index (χ0v) is 13.5. The van der Waals surface area contributed by atoms with Gasteiger partial charge in [0.15, 0.2) is 5.82 Å². The number of aromatic nitrogens is 3. The van der Waals surface area contributed by atoms with Gasteiger partial charge in [-0.05, 0) is 26.0 Å². The number of benzene rings is 1. The molecule has 2 heterocycles. The summed E-state index contributed by atoms with van der Waals surface area (Å²) in [4.78, 5) is 4.74. The van der Waals surface area contributed by atoms with Crippen LogP contribution in [0.1, 0.15) is 17.0 Å². The van der Waals surface area contributed by atoms with Crippen LogP contribution in [0.5, 0.6) is 0 Å². The fourth-order valence-electron chi connectivity index (χ4n) is 2.26. The molecule has 0 saturated heterocycles. The summed E-state index contributed by atoms with van der Waals surface area (Å²) in [5.41, 5.74) is 3.77. The van der Waals surface area contributed by atoms with Gasteiger partial charge in [0, 0.05) is 16.3 Å². The molecule has 0 radical (unpaired) electrons. The van der Waals surface area contributed by atoms with E-state index in [1.54, 1.807) is 0 Å². The van der Waals surface area contributed by atoms with E-state index in [0.717, 1.165) is 39.0 Å². The molecule has 3 nitrogen and oxygen atoms in total. The van der Waals surface area contributed by atoms with Crippen LogP contribution in [0.25, 0.3) is 16.7 Å². The van der Waals surface area contributed by atoms with Crippen LogP contribution in [0, 0.1) is 13.8 Å². The van der Waals surface area contributed by atoms with Crippen molar-refractivity contribution in [2.45, 2.75) is 19.2 Å². The minimum atomic E-state index is 0.695. The highest BCUT2D eigenvalue weighted by molar-refractivity contribution is 9.08. The molecule has 0 aliphatic rings. The van der Waals surface area contributed by atoms with Crippen molar-refractivity contribution in [1.29, 1.82) is 0 Å². The number of hydrogen-bond acceptors (Lipinski definition) is 2. The second-order valence-corrected chi connectivity index (χ2v) is 5.63. The summed E-state index contributed by atoms with van der Waals surface area (Å²) >= 11 is 9.77. The normalized spacial score (nSPS) is 11.2. The molecule has 0 saturated carbocycles. The van der Waals surface area contributed by atoms with Crippen molar-refractivity contribution in [2.24, 2.45) is 0 Å². The van der Waals surface area contributed by atoms with Crippen molar-refractivity contribution in [3.05, 3.63) is 52.3 Å². The maximum atomic E-state index is 6.24. The van der Waals surface area contributed by atoms with Crippen molar-refractivity contribution in [3.63, 3.8) is 0 Å². The van der Waals surface area contributed by atoms with Gasteiger partial charge in [-0.1, -0.05) is 45.7 Å². The Morgan fingerprint density at radius 2 is 2.00 bits per heavy atom. The van der Waals surface area contributed by atoms with Gasteiger partial charge >= 0.3 is 0 Å². The van der Waals surface area contributed by atoms with Gasteiger partial charge in [-0.2, -0.15) is 5.10 Å². The van der Waals surface area contributed by atoms with E-state index in [9.17, 15) is 0 Å². The van der Waals surface area contributed by atoms with E-state index < -0.39 is 0 Å². The van der Waals surface area contributed by atoms with Crippen molar-refractivity contribution < 1.29 is 0 Å². The third kappa shape index (κ3) is 2.13. The van der Waals surface area contributed by atoms with Crippen molar-refractivity contribution in [2.75, 3.05) is 0 Å². The van der Waals surface area contributed by atoms with Gasteiger partial charge in [-0.25, -0.2) is 9.67 Å². The molecule has 0 unspecified atom stereocenters. The Morgan fingerprint density at radius 1 is 1.25 bits per heavy atom. The molecule has 102 valence electrons. The summed E-state index contributed by atoms with van der Waals surface area (Å²) in [5.74, 6) is 0.827. The highest BCUT2D eigenvalue weighted by Crippen LogP contribution is 2.26. The monoisotopic (exact) mass is 349 g/mol. The first-order chi connectivity index (χ1) is 9.61. The molecule has 3 aromatic rings. The number of pyridine rings is 1. The molecule has 0 N–H and O–H groups in total. The number of rotatable bonds is 2. The predicted molar refractivity (Wildman–Crippen MR) is 86.0 cm³/mol. The summed E-state index contributed by atoms with van der Waals surface area (Å²) in [6.07, 6.45) is 0. The first kappa shape index (κ1) is 13.6. The van der Waals surface area contributed by atoms with E-state index in [0.29, 0.717) is 5.02 Å².